The number of para-hydroxylation sites is 1. The molecular weight excluding hydrogens is 398 g/mol. The largest absolute Gasteiger partial charge is 0.352 e. The zero-order chi connectivity index (χ0) is 22.2. The van der Waals surface area contributed by atoms with E-state index in [1.54, 1.807) is 0 Å². The van der Waals surface area contributed by atoms with Crippen molar-refractivity contribution >= 4 is 17.5 Å². The molecule has 0 aromatic heterocycles. The first-order valence-corrected chi connectivity index (χ1v) is 11.2. The van der Waals surface area contributed by atoms with Crippen LogP contribution in [0.4, 0.5) is 5.69 Å². The van der Waals surface area contributed by atoms with E-state index in [4.69, 9.17) is 0 Å². The van der Waals surface area contributed by atoms with Gasteiger partial charge in [-0.05, 0) is 36.1 Å². The molecule has 0 aliphatic carbocycles. The van der Waals surface area contributed by atoms with E-state index in [0.717, 1.165) is 42.7 Å². The smallest absolute Gasteiger partial charge is 0.238 e. The minimum Gasteiger partial charge on any atom is -0.352 e. The number of hydrogen-bond acceptors (Lipinski definition) is 3. The van der Waals surface area contributed by atoms with Gasteiger partial charge in [-0.2, -0.15) is 0 Å². The first-order chi connectivity index (χ1) is 15.7. The van der Waals surface area contributed by atoms with Crippen LogP contribution in [0.25, 0.3) is 0 Å². The van der Waals surface area contributed by atoms with E-state index in [9.17, 15) is 9.59 Å². The lowest BCUT2D eigenvalue weighted by Crippen LogP contribution is -2.47. The minimum absolute atomic E-state index is 0.00750. The Labute approximate surface area is 189 Å². The number of carbonyl (C=O) groups is 2. The maximum atomic E-state index is 13.3. The average Bonchev–Trinajstić information content (AvgIpc) is 2.82. The molecule has 2 amide bonds. The molecular formula is C27H29N3O2. The summed E-state index contributed by atoms with van der Waals surface area (Å²) >= 11 is 0. The summed E-state index contributed by atoms with van der Waals surface area (Å²) in [6.07, 6.45) is 1.67. The molecule has 1 aliphatic rings. The second kappa shape index (κ2) is 10.7. The Morgan fingerprint density at radius 3 is 1.81 bits per heavy atom. The Kier molecular flexibility index (Phi) is 7.31. The van der Waals surface area contributed by atoms with Crippen molar-refractivity contribution in [2.75, 3.05) is 25.0 Å². The molecule has 0 atom stereocenters. The van der Waals surface area contributed by atoms with Gasteiger partial charge in [0, 0.05) is 24.8 Å². The van der Waals surface area contributed by atoms with E-state index in [-0.39, 0.29) is 23.8 Å². The van der Waals surface area contributed by atoms with Crippen molar-refractivity contribution in [2.45, 2.75) is 24.8 Å². The molecule has 0 radical (unpaired) electrons. The molecule has 1 aliphatic heterocycles. The van der Waals surface area contributed by atoms with Gasteiger partial charge in [0.25, 0.3) is 0 Å². The van der Waals surface area contributed by atoms with Crippen molar-refractivity contribution < 1.29 is 9.59 Å². The lowest BCUT2D eigenvalue weighted by molar-refractivity contribution is -0.123. The fourth-order valence-electron chi connectivity index (χ4n) is 4.23. The number of nitrogens with zero attached hydrogens (tertiary/aromatic N) is 1. The number of rotatable bonds is 7. The molecule has 3 aromatic carbocycles. The van der Waals surface area contributed by atoms with Crippen molar-refractivity contribution in [3.63, 3.8) is 0 Å². The molecule has 5 heteroatoms. The number of hydrogen-bond donors (Lipinski definition) is 2. The van der Waals surface area contributed by atoms with Crippen LogP contribution in [0.15, 0.2) is 91.0 Å². The normalized spacial score (nSPS) is 14.8. The lowest BCUT2D eigenvalue weighted by atomic mass is 9.90. The van der Waals surface area contributed by atoms with Gasteiger partial charge in [-0.15, -0.1) is 0 Å². The van der Waals surface area contributed by atoms with E-state index < -0.39 is 0 Å². The average molecular weight is 428 g/mol. The van der Waals surface area contributed by atoms with E-state index in [0.29, 0.717) is 6.54 Å². The molecule has 32 heavy (non-hydrogen) atoms. The third-order valence-corrected chi connectivity index (χ3v) is 5.89. The van der Waals surface area contributed by atoms with E-state index in [2.05, 4.69) is 15.5 Å². The molecule has 0 saturated carbocycles. The highest BCUT2D eigenvalue weighted by atomic mass is 16.2. The van der Waals surface area contributed by atoms with Gasteiger partial charge in [-0.1, -0.05) is 78.9 Å². The highest BCUT2D eigenvalue weighted by Crippen LogP contribution is 2.25. The van der Waals surface area contributed by atoms with Gasteiger partial charge in [0.2, 0.25) is 11.8 Å². The second-order valence-corrected chi connectivity index (χ2v) is 8.23. The molecule has 0 bridgehead atoms. The zero-order valence-corrected chi connectivity index (χ0v) is 18.1. The predicted octanol–water partition coefficient (Wildman–Crippen LogP) is 4.04. The van der Waals surface area contributed by atoms with Crippen LogP contribution in [0.2, 0.25) is 0 Å². The summed E-state index contributed by atoms with van der Waals surface area (Å²) in [6, 6.07) is 29.5. The highest BCUT2D eigenvalue weighted by Gasteiger charge is 2.27. The fraction of sp³-hybridized carbons (Fsp3) is 0.259. The molecule has 4 rings (SSSR count). The van der Waals surface area contributed by atoms with Crippen molar-refractivity contribution in [1.82, 2.24) is 10.2 Å². The maximum Gasteiger partial charge on any atom is 0.238 e. The zero-order valence-electron chi connectivity index (χ0n) is 18.1. The number of amides is 2. The van der Waals surface area contributed by atoms with Gasteiger partial charge in [-0.25, -0.2) is 0 Å². The molecule has 5 nitrogen and oxygen atoms in total. The van der Waals surface area contributed by atoms with Crippen molar-refractivity contribution in [2.24, 2.45) is 0 Å². The number of likely N-dealkylation sites (tertiary alicyclic amines) is 1. The summed E-state index contributed by atoms with van der Waals surface area (Å²) in [5.74, 6) is -0.304. The Morgan fingerprint density at radius 1 is 0.781 bits per heavy atom. The molecule has 1 heterocycles. The summed E-state index contributed by atoms with van der Waals surface area (Å²) in [4.78, 5) is 27.8. The van der Waals surface area contributed by atoms with Crippen LogP contribution in [0.1, 0.15) is 29.9 Å². The Morgan fingerprint density at radius 2 is 1.28 bits per heavy atom. The molecule has 0 unspecified atom stereocenters. The van der Waals surface area contributed by atoms with Crippen molar-refractivity contribution in [3.8, 4) is 0 Å². The van der Waals surface area contributed by atoms with Gasteiger partial charge >= 0.3 is 0 Å². The van der Waals surface area contributed by atoms with E-state index in [1.807, 2.05) is 91.0 Å². The number of carbonyl (C=O) groups excluding carboxylic acids is 2. The van der Waals surface area contributed by atoms with Crippen LogP contribution in [-0.4, -0.2) is 42.4 Å². The van der Waals surface area contributed by atoms with Crippen LogP contribution in [0, 0.1) is 0 Å². The minimum atomic E-state index is -0.327. The number of benzene rings is 3. The molecule has 3 aromatic rings. The van der Waals surface area contributed by atoms with Crippen LogP contribution < -0.4 is 10.6 Å². The molecule has 1 saturated heterocycles. The van der Waals surface area contributed by atoms with Gasteiger partial charge in [0.15, 0.2) is 0 Å². The summed E-state index contributed by atoms with van der Waals surface area (Å²) in [5, 5.41) is 6.20. The predicted molar refractivity (Wildman–Crippen MR) is 127 cm³/mol. The Hall–Kier alpha value is -3.44. The monoisotopic (exact) mass is 427 g/mol. The first kappa shape index (κ1) is 21.8. The third kappa shape index (κ3) is 5.83. The van der Waals surface area contributed by atoms with Gasteiger partial charge in [-0.3, -0.25) is 14.5 Å². The number of piperidine rings is 1. The van der Waals surface area contributed by atoms with Crippen molar-refractivity contribution in [1.29, 1.82) is 0 Å². The summed E-state index contributed by atoms with van der Waals surface area (Å²) in [7, 11) is 0. The molecule has 0 spiro atoms. The molecule has 2 N–H and O–H groups in total. The SMILES string of the molecule is O=C(CN1CCC(NC(=O)C(c2ccccc2)c2ccccc2)CC1)Nc1ccccc1. The number of anilines is 1. The summed E-state index contributed by atoms with van der Waals surface area (Å²) in [5.41, 5.74) is 2.80. The van der Waals surface area contributed by atoms with Crippen LogP contribution in [-0.2, 0) is 9.59 Å². The quantitative estimate of drug-likeness (QED) is 0.598. The maximum absolute atomic E-state index is 13.3. The lowest BCUT2D eigenvalue weighted by Gasteiger charge is -2.32. The third-order valence-electron chi connectivity index (χ3n) is 5.89. The summed E-state index contributed by atoms with van der Waals surface area (Å²) in [6.45, 7) is 1.94. The number of nitrogens with one attached hydrogen (secondary N) is 2. The van der Waals surface area contributed by atoms with E-state index >= 15 is 0 Å². The highest BCUT2D eigenvalue weighted by molar-refractivity contribution is 5.92. The fourth-order valence-corrected chi connectivity index (χ4v) is 4.23. The standard InChI is InChI=1S/C27H29N3O2/c31-25(28-23-14-8-3-9-15-23)20-30-18-16-24(17-19-30)29-27(32)26(21-10-4-1-5-11-21)22-12-6-2-7-13-22/h1-15,24,26H,16-20H2,(H,28,31)(H,29,32). The van der Waals surface area contributed by atoms with Gasteiger partial charge in [0.05, 0.1) is 12.5 Å². The Bertz CT molecular complexity index is 961. The van der Waals surface area contributed by atoms with Crippen LogP contribution in [0.5, 0.6) is 0 Å². The second-order valence-electron chi connectivity index (χ2n) is 8.23. The topological polar surface area (TPSA) is 61.4 Å². The molecule has 164 valence electrons. The molecule has 1 fully saturated rings. The van der Waals surface area contributed by atoms with Gasteiger partial charge in [0.1, 0.15) is 0 Å². The van der Waals surface area contributed by atoms with Crippen LogP contribution >= 0.6 is 0 Å². The Balaban J connectivity index is 1.31. The van der Waals surface area contributed by atoms with Gasteiger partial charge < -0.3 is 10.6 Å². The van der Waals surface area contributed by atoms with Crippen molar-refractivity contribution in [3.05, 3.63) is 102 Å². The van der Waals surface area contributed by atoms with Crippen LogP contribution in [0.3, 0.4) is 0 Å². The van der Waals surface area contributed by atoms with E-state index in [1.165, 1.54) is 0 Å². The first-order valence-electron chi connectivity index (χ1n) is 11.2. The summed E-state index contributed by atoms with van der Waals surface area (Å²) < 4.78 is 0.